The molecule has 0 radical (unpaired) electrons. The van der Waals surface area contributed by atoms with Crippen LogP contribution in [0.15, 0.2) is 42.6 Å². The topological polar surface area (TPSA) is 111 Å². The summed E-state index contributed by atoms with van der Waals surface area (Å²) in [6.07, 6.45) is 2.09. The van der Waals surface area contributed by atoms with Crippen molar-refractivity contribution in [1.29, 1.82) is 0 Å². The third-order valence-corrected chi connectivity index (χ3v) is 7.59. The predicted molar refractivity (Wildman–Crippen MR) is 147 cm³/mol. The van der Waals surface area contributed by atoms with Crippen molar-refractivity contribution in [3.05, 3.63) is 63.9 Å². The number of hydrogen-bond acceptors (Lipinski definition) is 7. The zero-order valence-corrected chi connectivity index (χ0v) is 23.2. The van der Waals surface area contributed by atoms with Gasteiger partial charge in [0.15, 0.2) is 5.69 Å². The smallest absolute Gasteiger partial charge is 0.274 e. The van der Waals surface area contributed by atoms with Gasteiger partial charge in [-0.2, -0.15) is 5.10 Å². The summed E-state index contributed by atoms with van der Waals surface area (Å²) in [7, 11) is 1.52. The van der Waals surface area contributed by atoms with Crippen LogP contribution in [0.5, 0.6) is 5.88 Å². The molecule has 0 aliphatic carbocycles. The van der Waals surface area contributed by atoms with Crippen LogP contribution in [0.25, 0.3) is 11.3 Å². The molecule has 2 N–H and O–H groups in total. The summed E-state index contributed by atoms with van der Waals surface area (Å²) in [5.74, 6) is -0.0218. The number of carbonyl (C=O) groups excluding carboxylic acids is 2. The number of piperidine rings is 1. The molecule has 10 nitrogen and oxygen atoms in total. The Morgan fingerprint density at radius 2 is 2.00 bits per heavy atom. The number of nitrogens with zero attached hydrogens (tertiary/aromatic N) is 4. The Labute approximate surface area is 236 Å². The number of nitrogens with one attached hydrogen (secondary N) is 2. The first-order valence-corrected chi connectivity index (χ1v) is 13.6. The molecule has 2 aliphatic heterocycles. The first-order chi connectivity index (χ1) is 18.8. The molecule has 2 aromatic heterocycles. The van der Waals surface area contributed by atoms with E-state index in [-0.39, 0.29) is 29.5 Å². The van der Waals surface area contributed by atoms with Crippen molar-refractivity contribution in [2.45, 2.75) is 32.2 Å². The molecule has 2 atom stereocenters. The van der Waals surface area contributed by atoms with Crippen molar-refractivity contribution in [2.75, 3.05) is 33.4 Å². The number of amides is 2. The molecule has 206 valence electrons. The van der Waals surface area contributed by atoms with Crippen LogP contribution < -0.4 is 15.4 Å². The van der Waals surface area contributed by atoms with Crippen LogP contribution in [0, 0.1) is 5.92 Å². The monoisotopic (exact) mass is 572 g/mol. The molecule has 0 spiro atoms. The molecule has 0 bridgehead atoms. The fourth-order valence-corrected chi connectivity index (χ4v) is 5.27. The van der Waals surface area contributed by atoms with Crippen LogP contribution in [-0.2, 0) is 9.53 Å². The lowest BCUT2D eigenvalue weighted by molar-refractivity contribution is -0.127. The van der Waals surface area contributed by atoms with Crippen molar-refractivity contribution in [2.24, 2.45) is 5.92 Å². The molecule has 2 fully saturated rings. The molecular formula is C27H30Cl2N6O4. The predicted octanol–water partition coefficient (Wildman–Crippen LogP) is 4.07. The fraction of sp³-hybridized carbons (Fsp3) is 0.407. The molecule has 2 aliphatic rings. The number of halogens is 2. The highest BCUT2D eigenvalue weighted by molar-refractivity contribution is 6.33. The van der Waals surface area contributed by atoms with Crippen LogP contribution in [0.1, 0.15) is 48.2 Å². The highest BCUT2D eigenvalue weighted by atomic mass is 35.5. The SMILES string of the molecule is COc1cc(-c2cc(C(=O)N3CCC(C(=O)NC(C)c4cccc(Cl)c4)CC3)nn2C2NCCO2)c(Cl)cn1. The number of benzene rings is 1. The van der Waals surface area contributed by atoms with E-state index >= 15 is 0 Å². The van der Waals surface area contributed by atoms with Crippen molar-refractivity contribution in [3.8, 4) is 17.1 Å². The minimum Gasteiger partial charge on any atom is -0.481 e. The molecule has 12 heteroatoms. The van der Waals surface area contributed by atoms with Gasteiger partial charge in [-0.05, 0) is 43.5 Å². The number of pyridine rings is 1. The number of methoxy groups -OCH3 is 1. The number of carbonyl (C=O) groups is 2. The summed E-state index contributed by atoms with van der Waals surface area (Å²) in [6.45, 7) is 4.02. The summed E-state index contributed by atoms with van der Waals surface area (Å²) in [6, 6.07) is 10.7. The lowest BCUT2D eigenvalue weighted by Gasteiger charge is -2.31. The Hall–Kier alpha value is -3.18. The van der Waals surface area contributed by atoms with Crippen molar-refractivity contribution < 1.29 is 19.1 Å². The van der Waals surface area contributed by atoms with E-state index in [0.29, 0.717) is 66.3 Å². The summed E-state index contributed by atoms with van der Waals surface area (Å²) in [5.41, 5.74) is 2.44. The summed E-state index contributed by atoms with van der Waals surface area (Å²) in [4.78, 5) is 32.3. The highest BCUT2D eigenvalue weighted by Crippen LogP contribution is 2.33. The van der Waals surface area contributed by atoms with Crippen LogP contribution in [0.2, 0.25) is 10.0 Å². The van der Waals surface area contributed by atoms with Crippen LogP contribution in [-0.4, -0.2) is 64.8 Å². The summed E-state index contributed by atoms with van der Waals surface area (Å²) in [5, 5.41) is 11.9. The fourth-order valence-electron chi connectivity index (χ4n) is 4.87. The molecular weight excluding hydrogens is 543 g/mol. The molecule has 3 aromatic rings. The normalized spacial score (nSPS) is 18.7. The van der Waals surface area contributed by atoms with Crippen LogP contribution in [0.3, 0.4) is 0 Å². The molecule has 39 heavy (non-hydrogen) atoms. The minimum absolute atomic E-state index is 0.0214. The largest absolute Gasteiger partial charge is 0.481 e. The lowest BCUT2D eigenvalue weighted by atomic mass is 9.95. The van der Waals surface area contributed by atoms with Crippen molar-refractivity contribution >= 4 is 35.0 Å². The molecule has 5 rings (SSSR count). The zero-order chi connectivity index (χ0) is 27.5. The van der Waals surface area contributed by atoms with E-state index in [1.807, 2.05) is 25.1 Å². The van der Waals surface area contributed by atoms with Crippen LogP contribution in [0.4, 0.5) is 0 Å². The average Bonchev–Trinajstić information content (AvgIpc) is 3.63. The highest BCUT2D eigenvalue weighted by Gasteiger charge is 2.31. The maximum atomic E-state index is 13.5. The Morgan fingerprint density at radius 1 is 1.21 bits per heavy atom. The molecule has 2 amide bonds. The molecule has 2 saturated heterocycles. The van der Waals surface area contributed by atoms with E-state index < -0.39 is 6.35 Å². The van der Waals surface area contributed by atoms with Gasteiger partial charge in [0.2, 0.25) is 18.1 Å². The van der Waals surface area contributed by atoms with Gasteiger partial charge in [0, 0.05) is 42.2 Å². The van der Waals surface area contributed by atoms with Gasteiger partial charge in [0.25, 0.3) is 5.91 Å². The van der Waals surface area contributed by atoms with Gasteiger partial charge in [-0.15, -0.1) is 0 Å². The average molecular weight is 573 g/mol. The number of hydrogen-bond donors (Lipinski definition) is 2. The number of aromatic nitrogens is 3. The zero-order valence-electron chi connectivity index (χ0n) is 21.7. The molecule has 4 heterocycles. The van der Waals surface area contributed by atoms with Gasteiger partial charge in [-0.3, -0.25) is 14.9 Å². The van der Waals surface area contributed by atoms with E-state index in [1.54, 1.807) is 27.8 Å². The molecule has 2 unspecified atom stereocenters. The number of likely N-dealkylation sites (tertiary alicyclic amines) is 1. The van der Waals surface area contributed by atoms with E-state index in [0.717, 1.165) is 5.56 Å². The quantitative estimate of drug-likeness (QED) is 0.439. The van der Waals surface area contributed by atoms with Gasteiger partial charge in [0.05, 0.1) is 36.7 Å². The maximum Gasteiger partial charge on any atom is 0.274 e. The van der Waals surface area contributed by atoms with E-state index in [9.17, 15) is 9.59 Å². The maximum absolute atomic E-state index is 13.5. The first-order valence-electron chi connectivity index (χ1n) is 12.8. The van der Waals surface area contributed by atoms with E-state index in [2.05, 4.69) is 20.7 Å². The summed E-state index contributed by atoms with van der Waals surface area (Å²) < 4.78 is 12.7. The summed E-state index contributed by atoms with van der Waals surface area (Å²) >= 11 is 12.6. The first kappa shape index (κ1) is 27.4. The van der Waals surface area contributed by atoms with Crippen molar-refractivity contribution in [3.63, 3.8) is 0 Å². The third kappa shape index (κ3) is 6.04. The molecule has 0 saturated carbocycles. The third-order valence-electron chi connectivity index (χ3n) is 7.05. The number of rotatable bonds is 7. The Balaban J connectivity index is 1.28. The van der Waals surface area contributed by atoms with Gasteiger partial charge in [-0.25, -0.2) is 9.67 Å². The van der Waals surface area contributed by atoms with Gasteiger partial charge < -0.3 is 19.7 Å². The van der Waals surface area contributed by atoms with Crippen LogP contribution >= 0.6 is 23.2 Å². The Morgan fingerprint density at radius 3 is 2.69 bits per heavy atom. The lowest BCUT2D eigenvalue weighted by Crippen LogP contribution is -2.43. The number of ether oxygens (including phenoxy) is 2. The van der Waals surface area contributed by atoms with E-state index in [1.165, 1.54) is 13.3 Å². The van der Waals surface area contributed by atoms with E-state index in [4.69, 9.17) is 32.7 Å². The second-order valence-corrected chi connectivity index (χ2v) is 10.4. The standard InChI is InChI=1S/C27H30Cl2N6O4/c1-16(18-4-3-5-19(28)12-18)32-25(36)17-6-9-34(10-7-17)26(37)22-14-23(35(33-22)27-30-8-11-39-27)20-13-24(38-2)31-15-21(20)29/h3-5,12-17,27,30H,6-11H2,1-2H3,(H,32,36). The second kappa shape index (κ2) is 11.9. The Kier molecular flexibility index (Phi) is 8.37. The second-order valence-electron chi connectivity index (χ2n) is 9.59. The van der Waals surface area contributed by atoms with Gasteiger partial charge in [0.1, 0.15) is 0 Å². The van der Waals surface area contributed by atoms with Crippen molar-refractivity contribution in [1.82, 2.24) is 30.3 Å². The minimum atomic E-state index is -0.535. The van der Waals surface area contributed by atoms with Gasteiger partial charge in [-0.1, -0.05) is 35.3 Å². The van der Waals surface area contributed by atoms with Gasteiger partial charge >= 0.3 is 0 Å². The molecule has 1 aromatic carbocycles. The Bertz CT molecular complexity index is 1350.